The molecule has 8 heteroatoms. The molecular formula is C23H21ClN4O2S. The van der Waals surface area contributed by atoms with Crippen LogP contribution in [-0.4, -0.2) is 20.4 Å². The topological polar surface area (TPSA) is 76.9 Å². The first-order valence-electron chi connectivity index (χ1n) is 9.89. The molecule has 0 aliphatic carbocycles. The highest BCUT2D eigenvalue weighted by atomic mass is 35.5. The van der Waals surface area contributed by atoms with E-state index >= 15 is 0 Å². The van der Waals surface area contributed by atoms with Crippen LogP contribution in [0, 0.1) is 13.8 Å². The fourth-order valence-corrected chi connectivity index (χ4v) is 4.68. The molecule has 0 spiro atoms. The summed E-state index contributed by atoms with van der Waals surface area (Å²) in [7, 11) is 0. The third-order valence-corrected chi connectivity index (χ3v) is 6.57. The van der Waals surface area contributed by atoms with E-state index < -0.39 is 5.91 Å². The molecule has 1 N–H and O–H groups in total. The Morgan fingerprint density at radius 3 is 2.68 bits per heavy atom. The molecule has 3 aromatic heterocycles. The van der Waals surface area contributed by atoms with Crippen molar-refractivity contribution in [3.8, 4) is 10.6 Å². The molecule has 4 rings (SSSR count). The lowest BCUT2D eigenvalue weighted by Gasteiger charge is -2.11. The van der Waals surface area contributed by atoms with Gasteiger partial charge in [0.2, 0.25) is 5.43 Å². The SMILES string of the molecule is CCn1cc(C(=O)NCc2sc(-c3ccccc3Cl)nc2C)c(=O)c2ccc(C)nc21. The molecule has 0 bridgehead atoms. The fraction of sp³-hybridized carbons (Fsp3) is 0.217. The number of benzene rings is 1. The van der Waals surface area contributed by atoms with Crippen LogP contribution in [-0.2, 0) is 13.1 Å². The highest BCUT2D eigenvalue weighted by Crippen LogP contribution is 2.32. The molecule has 3 heterocycles. The van der Waals surface area contributed by atoms with Crippen molar-refractivity contribution >= 4 is 39.9 Å². The van der Waals surface area contributed by atoms with E-state index in [0.29, 0.717) is 22.6 Å². The van der Waals surface area contributed by atoms with Crippen LogP contribution >= 0.6 is 22.9 Å². The molecule has 0 aliphatic rings. The number of hydrogen-bond donors (Lipinski definition) is 1. The molecule has 0 fully saturated rings. The van der Waals surface area contributed by atoms with Crippen LogP contribution in [0.3, 0.4) is 0 Å². The average Bonchev–Trinajstić information content (AvgIpc) is 3.12. The lowest BCUT2D eigenvalue weighted by molar-refractivity contribution is 0.0949. The molecule has 4 aromatic rings. The van der Waals surface area contributed by atoms with E-state index in [1.165, 1.54) is 11.3 Å². The number of aromatic nitrogens is 3. The first-order valence-corrected chi connectivity index (χ1v) is 11.1. The molecule has 0 saturated carbocycles. The van der Waals surface area contributed by atoms with Crippen LogP contribution in [0.2, 0.25) is 5.02 Å². The Morgan fingerprint density at radius 2 is 1.94 bits per heavy atom. The van der Waals surface area contributed by atoms with Gasteiger partial charge < -0.3 is 9.88 Å². The third-order valence-electron chi connectivity index (χ3n) is 5.05. The van der Waals surface area contributed by atoms with Crippen molar-refractivity contribution in [2.24, 2.45) is 0 Å². The minimum atomic E-state index is -0.415. The van der Waals surface area contributed by atoms with Crippen LogP contribution in [0.1, 0.15) is 33.5 Å². The molecule has 0 saturated heterocycles. The highest BCUT2D eigenvalue weighted by Gasteiger charge is 2.17. The van der Waals surface area contributed by atoms with E-state index in [0.717, 1.165) is 26.8 Å². The second-order valence-electron chi connectivity index (χ2n) is 7.17. The van der Waals surface area contributed by atoms with Crippen molar-refractivity contribution in [3.63, 3.8) is 0 Å². The van der Waals surface area contributed by atoms with Gasteiger partial charge >= 0.3 is 0 Å². The van der Waals surface area contributed by atoms with Gasteiger partial charge in [0.25, 0.3) is 5.91 Å². The second kappa shape index (κ2) is 8.61. The van der Waals surface area contributed by atoms with E-state index in [9.17, 15) is 9.59 Å². The number of thiazole rings is 1. The number of aryl methyl sites for hydroxylation is 3. The Balaban J connectivity index is 1.61. The zero-order chi connectivity index (χ0) is 22.1. The number of hydrogen-bond acceptors (Lipinski definition) is 5. The zero-order valence-electron chi connectivity index (χ0n) is 17.4. The summed E-state index contributed by atoms with van der Waals surface area (Å²) in [6.45, 7) is 6.60. The smallest absolute Gasteiger partial charge is 0.257 e. The van der Waals surface area contributed by atoms with Gasteiger partial charge in [-0.1, -0.05) is 29.8 Å². The predicted molar refractivity (Wildman–Crippen MR) is 125 cm³/mol. The number of carbonyl (C=O) groups excluding carboxylic acids is 1. The Bertz CT molecular complexity index is 1360. The number of carbonyl (C=O) groups is 1. The zero-order valence-corrected chi connectivity index (χ0v) is 19.0. The maximum absolute atomic E-state index is 12.9. The number of nitrogens with one attached hydrogen (secondary N) is 1. The van der Waals surface area contributed by atoms with Crippen molar-refractivity contribution in [3.05, 3.63) is 79.7 Å². The number of amides is 1. The minimum Gasteiger partial charge on any atom is -0.347 e. The van der Waals surface area contributed by atoms with Crippen molar-refractivity contribution in [1.82, 2.24) is 19.9 Å². The first-order chi connectivity index (χ1) is 14.9. The van der Waals surface area contributed by atoms with E-state index in [2.05, 4.69) is 15.3 Å². The summed E-state index contributed by atoms with van der Waals surface area (Å²) in [5.74, 6) is -0.415. The van der Waals surface area contributed by atoms with Crippen molar-refractivity contribution in [1.29, 1.82) is 0 Å². The average molecular weight is 453 g/mol. The maximum atomic E-state index is 12.9. The highest BCUT2D eigenvalue weighted by molar-refractivity contribution is 7.15. The number of rotatable bonds is 5. The van der Waals surface area contributed by atoms with Crippen LogP contribution in [0.4, 0.5) is 0 Å². The third kappa shape index (κ3) is 4.11. The van der Waals surface area contributed by atoms with E-state index in [4.69, 9.17) is 11.6 Å². The number of pyridine rings is 2. The van der Waals surface area contributed by atoms with E-state index in [-0.39, 0.29) is 17.5 Å². The molecule has 0 radical (unpaired) electrons. The Kier molecular flexibility index (Phi) is 5.89. The quantitative estimate of drug-likeness (QED) is 0.474. The summed E-state index contributed by atoms with van der Waals surface area (Å²) in [6.07, 6.45) is 1.58. The molecular weight excluding hydrogens is 432 g/mol. The van der Waals surface area contributed by atoms with Gasteiger partial charge in [0.1, 0.15) is 16.2 Å². The summed E-state index contributed by atoms with van der Waals surface area (Å²) in [6, 6.07) is 11.0. The van der Waals surface area contributed by atoms with Crippen molar-refractivity contribution in [2.45, 2.75) is 33.9 Å². The maximum Gasteiger partial charge on any atom is 0.257 e. The van der Waals surface area contributed by atoms with Crippen molar-refractivity contribution in [2.75, 3.05) is 0 Å². The van der Waals surface area contributed by atoms with Gasteiger partial charge in [-0.2, -0.15) is 0 Å². The molecule has 31 heavy (non-hydrogen) atoms. The van der Waals surface area contributed by atoms with Gasteiger partial charge in [-0.05, 0) is 39.0 Å². The Labute approximate surface area is 188 Å². The van der Waals surface area contributed by atoms with Gasteiger partial charge in [-0.25, -0.2) is 9.97 Å². The second-order valence-corrected chi connectivity index (χ2v) is 8.66. The van der Waals surface area contributed by atoms with E-state index in [1.54, 1.807) is 18.3 Å². The fourth-order valence-electron chi connectivity index (χ4n) is 3.36. The lowest BCUT2D eigenvalue weighted by atomic mass is 10.1. The largest absolute Gasteiger partial charge is 0.347 e. The summed E-state index contributed by atoms with van der Waals surface area (Å²) >= 11 is 7.76. The first kappa shape index (κ1) is 21.2. The standard InChI is InChI=1S/C23H21ClN4O2S/c1-4-28-12-17(20(29)16-10-9-13(2)26-21(16)28)22(30)25-11-19-14(3)27-23(31-19)15-7-5-6-8-18(15)24/h5-10,12H,4,11H2,1-3H3,(H,25,30). The molecule has 0 unspecified atom stereocenters. The summed E-state index contributed by atoms with van der Waals surface area (Å²) in [4.78, 5) is 35.8. The summed E-state index contributed by atoms with van der Waals surface area (Å²) < 4.78 is 1.83. The lowest BCUT2D eigenvalue weighted by Crippen LogP contribution is -2.29. The van der Waals surface area contributed by atoms with Gasteiger partial charge in [0, 0.05) is 28.9 Å². The van der Waals surface area contributed by atoms with Crippen molar-refractivity contribution < 1.29 is 4.79 Å². The summed E-state index contributed by atoms with van der Waals surface area (Å²) in [5.41, 5.74) is 2.88. The minimum absolute atomic E-state index is 0.105. The number of halogens is 1. The van der Waals surface area contributed by atoms with Crippen LogP contribution in [0.15, 0.2) is 47.4 Å². The van der Waals surface area contributed by atoms with Gasteiger partial charge in [-0.15, -0.1) is 11.3 Å². The molecule has 0 aliphatic heterocycles. The van der Waals surface area contributed by atoms with Gasteiger partial charge in [0.05, 0.1) is 22.6 Å². The van der Waals surface area contributed by atoms with Crippen LogP contribution in [0.25, 0.3) is 21.6 Å². The predicted octanol–water partition coefficient (Wildman–Crippen LogP) is 4.74. The van der Waals surface area contributed by atoms with E-state index in [1.807, 2.05) is 49.6 Å². The van der Waals surface area contributed by atoms with Gasteiger partial charge in [-0.3, -0.25) is 9.59 Å². The number of fused-ring (bicyclic) bond motifs is 1. The van der Waals surface area contributed by atoms with Gasteiger partial charge in [0.15, 0.2) is 0 Å². The molecule has 1 aromatic carbocycles. The monoisotopic (exact) mass is 452 g/mol. The molecule has 158 valence electrons. The molecule has 1 amide bonds. The molecule has 0 atom stereocenters. The Hall–Kier alpha value is -3.03. The normalized spacial score (nSPS) is 11.1. The van der Waals surface area contributed by atoms with Crippen LogP contribution < -0.4 is 10.7 Å². The molecule has 6 nitrogen and oxygen atoms in total. The van der Waals surface area contributed by atoms with Crippen LogP contribution in [0.5, 0.6) is 0 Å². The Morgan fingerprint density at radius 1 is 1.16 bits per heavy atom. The summed E-state index contributed by atoms with van der Waals surface area (Å²) in [5, 5.41) is 4.74. The number of nitrogens with zero attached hydrogens (tertiary/aromatic N) is 3.